The number of anilines is 1. The van der Waals surface area contributed by atoms with Crippen molar-refractivity contribution in [2.45, 2.75) is 18.6 Å². The number of thioether (sulfide) groups is 1. The van der Waals surface area contributed by atoms with E-state index < -0.39 is 0 Å². The third-order valence-corrected chi connectivity index (χ3v) is 6.13. The SMILES string of the molecule is COc1ccc(Cn2c(SCC(=O)Nc3cc(C)on3)nc3ccsc3c2=O)cc1. The third-order valence-electron chi connectivity index (χ3n) is 4.26. The van der Waals surface area contributed by atoms with Gasteiger partial charge < -0.3 is 14.6 Å². The average Bonchev–Trinajstić information content (AvgIpc) is 3.38. The standard InChI is InChI=1S/C20H18N4O4S2/c1-12-9-16(23-28-12)22-17(25)11-30-20-21-15-7-8-29-18(15)19(26)24(20)10-13-3-5-14(27-2)6-4-13/h3-9H,10-11H2,1-2H3,(H,22,23,25). The molecule has 1 aromatic carbocycles. The van der Waals surface area contributed by atoms with E-state index in [2.05, 4.69) is 15.5 Å². The Labute approximate surface area is 179 Å². The van der Waals surface area contributed by atoms with Gasteiger partial charge in [0, 0.05) is 6.07 Å². The Bertz CT molecular complexity index is 1240. The number of hydrogen-bond donors (Lipinski definition) is 1. The van der Waals surface area contributed by atoms with Gasteiger partial charge in [-0.05, 0) is 36.1 Å². The number of benzene rings is 1. The Morgan fingerprint density at radius 1 is 1.30 bits per heavy atom. The molecule has 154 valence electrons. The van der Waals surface area contributed by atoms with E-state index in [1.165, 1.54) is 23.1 Å². The minimum atomic E-state index is -0.260. The van der Waals surface area contributed by atoms with Gasteiger partial charge in [0.15, 0.2) is 11.0 Å². The number of nitrogens with one attached hydrogen (secondary N) is 1. The highest BCUT2D eigenvalue weighted by molar-refractivity contribution is 7.99. The highest BCUT2D eigenvalue weighted by Gasteiger charge is 2.15. The molecule has 0 saturated heterocycles. The van der Waals surface area contributed by atoms with Crippen LogP contribution in [0.5, 0.6) is 5.75 Å². The van der Waals surface area contributed by atoms with Gasteiger partial charge in [-0.15, -0.1) is 11.3 Å². The zero-order chi connectivity index (χ0) is 21.1. The van der Waals surface area contributed by atoms with Crippen LogP contribution in [0.4, 0.5) is 5.82 Å². The van der Waals surface area contributed by atoms with Crippen molar-refractivity contribution < 1.29 is 14.1 Å². The summed E-state index contributed by atoms with van der Waals surface area (Å²) in [5.41, 5.74) is 1.44. The Hall–Kier alpha value is -3.11. The van der Waals surface area contributed by atoms with Gasteiger partial charge in [0.05, 0.1) is 24.9 Å². The van der Waals surface area contributed by atoms with Gasteiger partial charge in [-0.25, -0.2) is 4.98 Å². The topological polar surface area (TPSA) is 99.2 Å². The normalized spacial score (nSPS) is 11.0. The minimum absolute atomic E-state index is 0.0800. The molecule has 0 atom stereocenters. The van der Waals surface area contributed by atoms with Crippen LogP contribution in [-0.4, -0.2) is 33.5 Å². The van der Waals surface area contributed by atoms with Crippen LogP contribution in [0.25, 0.3) is 10.2 Å². The maximum Gasteiger partial charge on any atom is 0.272 e. The quantitative estimate of drug-likeness (QED) is 0.345. The van der Waals surface area contributed by atoms with E-state index in [1.54, 1.807) is 30.7 Å². The number of ether oxygens (including phenoxy) is 1. The second-order valence-corrected chi connectivity index (χ2v) is 8.29. The van der Waals surface area contributed by atoms with E-state index in [-0.39, 0.29) is 17.2 Å². The second-order valence-electron chi connectivity index (χ2n) is 6.43. The van der Waals surface area contributed by atoms with Gasteiger partial charge in [0.1, 0.15) is 16.2 Å². The minimum Gasteiger partial charge on any atom is -0.497 e. The fourth-order valence-corrected chi connectivity index (χ4v) is 4.40. The van der Waals surface area contributed by atoms with Gasteiger partial charge in [-0.1, -0.05) is 29.1 Å². The number of thiophene rings is 1. The Kier molecular flexibility index (Phi) is 5.86. The van der Waals surface area contributed by atoms with Crippen LogP contribution < -0.4 is 15.6 Å². The number of carbonyl (C=O) groups is 1. The number of carbonyl (C=O) groups excluding carboxylic acids is 1. The Balaban J connectivity index is 1.58. The fraction of sp³-hybridized carbons (Fsp3) is 0.200. The highest BCUT2D eigenvalue weighted by atomic mass is 32.2. The zero-order valence-electron chi connectivity index (χ0n) is 16.2. The van der Waals surface area contributed by atoms with Crippen molar-refractivity contribution in [3.8, 4) is 5.75 Å². The van der Waals surface area contributed by atoms with Crippen molar-refractivity contribution >= 4 is 45.0 Å². The van der Waals surface area contributed by atoms with E-state index in [0.29, 0.717) is 33.5 Å². The molecular formula is C20H18N4O4S2. The Morgan fingerprint density at radius 3 is 2.80 bits per heavy atom. The van der Waals surface area contributed by atoms with Crippen LogP contribution >= 0.6 is 23.1 Å². The number of rotatable bonds is 7. The summed E-state index contributed by atoms with van der Waals surface area (Å²) in [6.07, 6.45) is 0. The second kappa shape index (κ2) is 8.72. The predicted molar refractivity (Wildman–Crippen MR) is 117 cm³/mol. The van der Waals surface area contributed by atoms with Gasteiger partial charge in [0.25, 0.3) is 5.56 Å². The van der Waals surface area contributed by atoms with E-state index in [4.69, 9.17) is 9.26 Å². The highest BCUT2D eigenvalue weighted by Crippen LogP contribution is 2.22. The Morgan fingerprint density at radius 2 is 2.10 bits per heavy atom. The summed E-state index contributed by atoms with van der Waals surface area (Å²) in [7, 11) is 1.61. The summed E-state index contributed by atoms with van der Waals surface area (Å²) >= 11 is 2.56. The predicted octanol–water partition coefficient (Wildman–Crippen LogP) is 3.54. The largest absolute Gasteiger partial charge is 0.497 e. The van der Waals surface area contributed by atoms with E-state index in [9.17, 15) is 9.59 Å². The molecule has 0 bridgehead atoms. The van der Waals surface area contributed by atoms with E-state index in [0.717, 1.165) is 11.3 Å². The molecule has 3 heterocycles. The van der Waals surface area contributed by atoms with Crippen molar-refractivity contribution in [3.63, 3.8) is 0 Å². The lowest BCUT2D eigenvalue weighted by Gasteiger charge is -2.12. The van der Waals surface area contributed by atoms with Crippen molar-refractivity contribution in [3.05, 3.63) is 63.5 Å². The van der Waals surface area contributed by atoms with Crippen molar-refractivity contribution in [1.82, 2.24) is 14.7 Å². The first-order valence-electron chi connectivity index (χ1n) is 9.00. The summed E-state index contributed by atoms with van der Waals surface area (Å²) in [6, 6.07) is 10.9. The molecule has 0 aliphatic rings. The maximum atomic E-state index is 13.0. The van der Waals surface area contributed by atoms with Crippen LogP contribution in [0, 0.1) is 6.92 Å². The lowest BCUT2D eigenvalue weighted by Crippen LogP contribution is -2.24. The van der Waals surface area contributed by atoms with Crippen molar-refractivity contribution in [2.75, 3.05) is 18.2 Å². The molecule has 0 radical (unpaired) electrons. The third kappa shape index (κ3) is 4.39. The smallest absolute Gasteiger partial charge is 0.272 e. The molecule has 0 spiro atoms. The molecule has 4 rings (SSSR count). The number of aromatic nitrogens is 3. The molecule has 1 amide bonds. The number of fused-ring (bicyclic) bond motifs is 1. The molecule has 0 unspecified atom stereocenters. The van der Waals surface area contributed by atoms with E-state index >= 15 is 0 Å². The molecule has 1 N–H and O–H groups in total. The number of aryl methyl sites for hydroxylation is 1. The molecule has 0 fully saturated rings. The molecule has 3 aromatic heterocycles. The lowest BCUT2D eigenvalue weighted by atomic mass is 10.2. The van der Waals surface area contributed by atoms with Crippen LogP contribution in [0.2, 0.25) is 0 Å². The summed E-state index contributed by atoms with van der Waals surface area (Å²) in [5.74, 6) is 1.53. The van der Waals surface area contributed by atoms with Gasteiger partial charge in [-0.3, -0.25) is 14.2 Å². The number of amides is 1. The van der Waals surface area contributed by atoms with Crippen LogP contribution in [-0.2, 0) is 11.3 Å². The van der Waals surface area contributed by atoms with Crippen LogP contribution in [0.15, 0.2) is 56.3 Å². The summed E-state index contributed by atoms with van der Waals surface area (Å²) in [5, 5.41) is 8.74. The molecule has 30 heavy (non-hydrogen) atoms. The lowest BCUT2D eigenvalue weighted by molar-refractivity contribution is -0.113. The molecular weight excluding hydrogens is 424 g/mol. The van der Waals surface area contributed by atoms with Gasteiger partial charge in [-0.2, -0.15) is 0 Å². The molecule has 0 aliphatic heterocycles. The first-order chi connectivity index (χ1) is 14.5. The van der Waals surface area contributed by atoms with Crippen molar-refractivity contribution in [1.29, 1.82) is 0 Å². The maximum absolute atomic E-state index is 13.0. The van der Waals surface area contributed by atoms with Gasteiger partial charge in [0.2, 0.25) is 5.91 Å². The van der Waals surface area contributed by atoms with Crippen LogP contribution in [0.3, 0.4) is 0 Å². The van der Waals surface area contributed by atoms with Gasteiger partial charge >= 0.3 is 0 Å². The first-order valence-corrected chi connectivity index (χ1v) is 10.9. The molecule has 0 aliphatic carbocycles. The van der Waals surface area contributed by atoms with Crippen molar-refractivity contribution in [2.24, 2.45) is 0 Å². The monoisotopic (exact) mass is 442 g/mol. The molecule has 8 nitrogen and oxygen atoms in total. The fourth-order valence-electron chi connectivity index (χ4n) is 2.82. The number of nitrogens with zero attached hydrogens (tertiary/aromatic N) is 3. The average molecular weight is 443 g/mol. The number of methoxy groups -OCH3 is 1. The molecule has 0 saturated carbocycles. The van der Waals surface area contributed by atoms with E-state index in [1.807, 2.05) is 29.6 Å². The van der Waals surface area contributed by atoms with Crippen LogP contribution in [0.1, 0.15) is 11.3 Å². The molecule has 10 heteroatoms. The summed E-state index contributed by atoms with van der Waals surface area (Å²) in [6.45, 7) is 2.09. The zero-order valence-corrected chi connectivity index (χ0v) is 17.9. The summed E-state index contributed by atoms with van der Waals surface area (Å²) in [4.78, 5) is 29.9. The molecule has 4 aromatic rings. The first kappa shape index (κ1) is 20.2. The summed E-state index contributed by atoms with van der Waals surface area (Å²) < 4.78 is 12.3. The number of hydrogen-bond acceptors (Lipinski definition) is 8.